The van der Waals surface area contributed by atoms with E-state index in [1.165, 1.54) is 0 Å². The molecule has 372 valence electrons. The van der Waals surface area contributed by atoms with Crippen molar-refractivity contribution in [3.8, 4) is 0 Å². The first-order chi connectivity index (χ1) is 26.1. The fraction of sp³-hybridized carbons (Fsp3) is 0.887. The van der Waals surface area contributed by atoms with Crippen LogP contribution in [0, 0.1) is 93.7 Å². The minimum Gasteiger partial charge on any atom is -0.465 e. The van der Waals surface area contributed by atoms with Crippen LogP contribution < -0.4 is 0 Å². The molecule has 11 nitrogen and oxygen atoms in total. The van der Waals surface area contributed by atoms with Crippen LogP contribution in [0.15, 0.2) is 0 Å². The highest BCUT2D eigenvalue weighted by Crippen LogP contribution is 2.70. The van der Waals surface area contributed by atoms with Crippen LogP contribution in [-0.4, -0.2) is 59.2 Å². The standard InChI is InChI=1S/C45H62O11.8CH4/c1-21-26(28-13-27(21)34-30(28)17-52-37(34)48)12-29(32-24-9-10-25(11-24)33(32)31-22(2)35(46)53-38(31)49)36(47)54-45-16-23-14-43(19-45,39(50)55-41(3,4)5)18-44(15-23,20-45)40(51)56-42(6,7)8;;;;;;;;/h21-34H,9-20H2,1-8H3;8*1H4. The summed E-state index contributed by atoms with van der Waals surface area (Å²) in [5, 5.41) is 0. The molecule has 0 spiro atoms. The van der Waals surface area contributed by atoms with Gasteiger partial charge < -0.3 is 23.7 Å². The smallest absolute Gasteiger partial charge is 0.317 e. The van der Waals surface area contributed by atoms with E-state index < -0.39 is 57.3 Å². The van der Waals surface area contributed by atoms with Crippen LogP contribution in [0.5, 0.6) is 0 Å². The molecule has 0 radical (unpaired) electrons. The first kappa shape index (κ1) is 59.0. The minimum atomic E-state index is -1.07. The lowest BCUT2D eigenvalue weighted by molar-refractivity contribution is -0.244. The Balaban J connectivity index is 0.00000256. The van der Waals surface area contributed by atoms with Crippen molar-refractivity contribution in [1.29, 1.82) is 0 Å². The Morgan fingerprint density at radius 3 is 1.73 bits per heavy atom. The monoisotopic (exact) mass is 907 g/mol. The zero-order valence-electron chi connectivity index (χ0n) is 34.6. The van der Waals surface area contributed by atoms with Crippen LogP contribution in [0.25, 0.3) is 0 Å². The highest BCUT2D eigenvalue weighted by Gasteiger charge is 2.72. The second-order valence-electron chi connectivity index (χ2n) is 22.5. The summed E-state index contributed by atoms with van der Waals surface area (Å²) >= 11 is 0. The predicted octanol–water partition coefficient (Wildman–Crippen LogP) is 11.7. The highest BCUT2D eigenvalue weighted by atomic mass is 16.6. The molecule has 8 saturated carbocycles. The molecule has 8 bridgehead atoms. The maximum absolute atomic E-state index is 15.5. The Labute approximate surface area is 389 Å². The fourth-order valence-electron chi connectivity index (χ4n) is 15.5. The van der Waals surface area contributed by atoms with Gasteiger partial charge in [0.05, 0.1) is 41.1 Å². The van der Waals surface area contributed by atoms with Crippen LogP contribution in [0.1, 0.15) is 185 Å². The molecule has 10 rings (SSSR count). The SMILES string of the molecule is C.C.C.C.C.C.C.C.CC1C(=O)OC(=O)C1C1C2CCC(C2)C1C(CC1C(C)C2CC1C1COC(=O)C21)C(=O)OC12CC3CC(C(=O)OC(C)(C)C)(C1)CC(C(=O)OC(C)(C)C)(C3)C2. The van der Waals surface area contributed by atoms with Crippen molar-refractivity contribution in [3.63, 3.8) is 0 Å². The summed E-state index contributed by atoms with van der Waals surface area (Å²) < 4.78 is 30.1. The zero-order chi connectivity index (χ0) is 40.1. The first-order valence-electron chi connectivity index (χ1n) is 21.7. The summed E-state index contributed by atoms with van der Waals surface area (Å²) in [5.41, 5.74) is -4.54. The van der Waals surface area contributed by atoms with Gasteiger partial charge in [-0.05, 0) is 153 Å². The molecule has 2 aliphatic heterocycles. The van der Waals surface area contributed by atoms with Crippen LogP contribution in [0.3, 0.4) is 0 Å². The van der Waals surface area contributed by atoms with Gasteiger partial charge in [0, 0.05) is 18.8 Å². The van der Waals surface area contributed by atoms with Crippen molar-refractivity contribution in [2.24, 2.45) is 93.7 Å². The molecule has 2 heterocycles. The van der Waals surface area contributed by atoms with E-state index in [0.717, 1.165) is 25.7 Å². The molecule has 64 heavy (non-hydrogen) atoms. The van der Waals surface area contributed by atoms with Crippen molar-refractivity contribution in [2.75, 3.05) is 6.61 Å². The molecule has 10 aliphatic rings. The Kier molecular flexibility index (Phi) is 17.8. The van der Waals surface area contributed by atoms with E-state index in [-0.39, 0.29) is 148 Å². The second-order valence-corrected chi connectivity index (χ2v) is 22.5. The number of carbonyl (C=O) groups is 6. The molecule has 0 N–H and O–H groups in total. The van der Waals surface area contributed by atoms with Crippen molar-refractivity contribution in [1.82, 2.24) is 0 Å². The molecule has 10 fully saturated rings. The second kappa shape index (κ2) is 19.3. The number of hydrogen-bond donors (Lipinski definition) is 0. The summed E-state index contributed by atoms with van der Waals surface area (Å²) in [7, 11) is 0. The molecule has 0 aromatic carbocycles. The van der Waals surface area contributed by atoms with Gasteiger partial charge in [0.1, 0.15) is 16.8 Å². The average molecular weight is 907 g/mol. The van der Waals surface area contributed by atoms with Gasteiger partial charge in [0.2, 0.25) is 0 Å². The van der Waals surface area contributed by atoms with Crippen LogP contribution in [0.2, 0.25) is 0 Å². The molecule has 0 aromatic heterocycles. The number of carbonyl (C=O) groups excluding carboxylic acids is 6. The molecule has 11 heteroatoms. The minimum absolute atomic E-state index is 0. The van der Waals surface area contributed by atoms with Gasteiger partial charge in [-0.2, -0.15) is 0 Å². The average Bonchev–Trinajstić information content (AvgIpc) is 3.91. The summed E-state index contributed by atoms with van der Waals surface area (Å²) in [4.78, 5) is 83.3. The Morgan fingerprint density at radius 1 is 0.672 bits per heavy atom. The van der Waals surface area contributed by atoms with Gasteiger partial charge in [0.15, 0.2) is 0 Å². The maximum Gasteiger partial charge on any atom is 0.317 e. The van der Waals surface area contributed by atoms with E-state index in [2.05, 4.69) is 6.92 Å². The molecular weight excluding hydrogens is 813 g/mol. The quantitative estimate of drug-likeness (QED) is 0.130. The third-order valence-corrected chi connectivity index (χ3v) is 16.7. The van der Waals surface area contributed by atoms with E-state index in [1.54, 1.807) is 6.92 Å². The molecule has 0 amide bonds. The normalized spacial score (nSPS) is 41.6. The third kappa shape index (κ3) is 9.19. The van der Waals surface area contributed by atoms with E-state index in [1.807, 2.05) is 41.5 Å². The topological polar surface area (TPSA) is 149 Å². The van der Waals surface area contributed by atoms with Crippen molar-refractivity contribution in [3.05, 3.63) is 0 Å². The largest absolute Gasteiger partial charge is 0.465 e. The summed E-state index contributed by atoms with van der Waals surface area (Å²) in [6, 6.07) is 0. The molecule has 0 aromatic rings. The number of ether oxygens (including phenoxy) is 5. The molecule has 8 aliphatic carbocycles. The lowest BCUT2D eigenvalue weighted by Crippen LogP contribution is -2.66. The van der Waals surface area contributed by atoms with E-state index in [9.17, 15) is 24.0 Å². The Bertz CT molecular complexity index is 1690. The number of cyclic esters (lactones) is 3. The molecule has 2 saturated heterocycles. The third-order valence-electron chi connectivity index (χ3n) is 16.7. The number of fused-ring (bicyclic) bond motifs is 7. The first-order valence-corrected chi connectivity index (χ1v) is 21.7. The lowest BCUT2D eigenvalue weighted by Gasteiger charge is -2.63. The number of rotatable bonds is 8. The van der Waals surface area contributed by atoms with E-state index >= 15 is 4.79 Å². The summed E-state index contributed by atoms with van der Waals surface area (Å²) in [6.07, 6.45) is 6.93. The predicted molar refractivity (Wildman–Crippen MR) is 252 cm³/mol. The van der Waals surface area contributed by atoms with Crippen molar-refractivity contribution >= 4 is 35.8 Å². The van der Waals surface area contributed by atoms with Gasteiger partial charge in [-0.1, -0.05) is 73.3 Å². The molecule has 15 unspecified atom stereocenters. The fourth-order valence-corrected chi connectivity index (χ4v) is 15.5. The lowest BCUT2D eigenvalue weighted by atomic mass is 9.42. The number of hydrogen-bond acceptors (Lipinski definition) is 11. The summed E-state index contributed by atoms with van der Waals surface area (Å²) in [6.45, 7) is 15.5. The van der Waals surface area contributed by atoms with Crippen LogP contribution >= 0.6 is 0 Å². The Morgan fingerprint density at radius 2 is 1.22 bits per heavy atom. The van der Waals surface area contributed by atoms with Crippen molar-refractivity contribution in [2.45, 2.75) is 202 Å². The Hall–Kier alpha value is -2.98. The van der Waals surface area contributed by atoms with Gasteiger partial charge in [-0.3, -0.25) is 28.8 Å². The zero-order valence-corrected chi connectivity index (χ0v) is 34.6. The highest BCUT2D eigenvalue weighted by molar-refractivity contribution is 5.96. The van der Waals surface area contributed by atoms with E-state index in [0.29, 0.717) is 51.6 Å². The van der Waals surface area contributed by atoms with E-state index in [4.69, 9.17) is 23.7 Å². The molecule has 15 atom stereocenters. The van der Waals surface area contributed by atoms with Gasteiger partial charge >= 0.3 is 35.8 Å². The van der Waals surface area contributed by atoms with Crippen LogP contribution in [0.4, 0.5) is 0 Å². The number of esters is 6. The van der Waals surface area contributed by atoms with Crippen molar-refractivity contribution < 1.29 is 52.5 Å². The van der Waals surface area contributed by atoms with Gasteiger partial charge in [-0.25, -0.2) is 0 Å². The van der Waals surface area contributed by atoms with Crippen LogP contribution in [-0.2, 0) is 52.5 Å². The van der Waals surface area contributed by atoms with Gasteiger partial charge in [0.25, 0.3) is 0 Å². The summed E-state index contributed by atoms with van der Waals surface area (Å²) in [5.74, 6) is -2.88. The maximum atomic E-state index is 15.5. The molecular formula is C53H94O11. The van der Waals surface area contributed by atoms with Gasteiger partial charge in [-0.15, -0.1) is 0 Å².